The highest BCUT2D eigenvalue weighted by atomic mass is 19.4. The molecule has 2 heterocycles. The quantitative estimate of drug-likeness (QED) is 0.757. The molecule has 0 bridgehead atoms. The molecule has 0 spiro atoms. The first-order valence-corrected chi connectivity index (χ1v) is 6.17. The first kappa shape index (κ1) is 13.4. The Morgan fingerprint density at radius 1 is 1.10 bits per heavy atom. The molecule has 0 aliphatic heterocycles. The van der Waals surface area contributed by atoms with Gasteiger partial charge in [-0.05, 0) is 23.1 Å². The van der Waals surface area contributed by atoms with Crippen LogP contribution in [0.4, 0.5) is 19.0 Å². The van der Waals surface area contributed by atoms with Crippen LogP contribution >= 0.6 is 0 Å². The summed E-state index contributed by atoms with van der Waals surface area (Å²) in [7, 11) is 1.73. The number of anilines is 1. The summed E-state index contributed by atoms with van der Waals surface area (Å²) < 4.78 is 38.7. The fraction of sp³-hybridized carbons (Fsp3) is 0.143. The van der Waals surface area contributed by atoms with E-state index in [-0.39, 0.29) is 5.56 Å². The Labute approximate surface area is 118 Å². The van der Waals surface area contributed by atoms with Gasteiger partial charge in [0.05, 0.1) is 6.20 Å². The van der Waals surface area contributed by atoms with Crippen LogP contribution in [0.1, 0.15) is 5.69 Å². The predicted molar refractivity (Wildman–Crippen MR) is 73.9 cm³/mol. The Balaban J connectivity index is 2.15. The molecule has 0 fully saturated rings. The van der Waals surface area contributed by atoms with Crippen molar-refractivity contribution < 1.29 is 13.2 Å². The summed E-state index contributed by atoms with van der Waals surface area (Å²) in [5.41, 5.74) is -0.353. The molecular formula is C14H11F3N4. The van der Waals surface area contributed by atoms with Crippen molar-refractivity contribution in [3.05, 3.63) is 42.4 Å². The second-order valence-electron chi connectivity index (χ2n) is 4.54. The van der Waals surface area contributed by atoms with E-state index in [1.165, 1.54) is 6.20 Å². The number of benzene rings is 1. The Hall–Kier alpha value is -2.57. The number of pyridine rings is 1. The van der Waals surface area contributed by atoms with Crippen molar-refractivity contribution in [3.63, 3.8) is 0 Å². The fourth-order valence-corrected chi connectivity index (χ4v) is 2.17. The van der Waals surface area contributed by atoms with Gasteiger partial charge in [0.25, 0.3) is 0 Å². The summed E-state index contributed by atoms with van der Waals surface area (Å²) in [5, 5.41) is 10.1. The molecule has 0 unspecified atom stereocenters. The lowest BCUT2D eigenvalue weighted by atomic mass is 10.0. The minimum atomic E-state index is -4.46. The van der Waals surface area contributed by atoms with E-state index in [0.717, 1.165) is 10.8 Å². The second kappa shape index (κ2) is 4.76. The van der Waals surface area contributed by atoms with E-state index in [4.69, 9.17) is 0 Å². The lowest BCUT2D eigenvalue weighted by Crippen LogP contribution is -2.07. The van der Waals surface area contributed by atoms with Crippen LogP contribution in [0.15, 0.2) is 36.7 Å². The highest BCUT2D eigenvalue weighted by molar-refractivity contribution is 5.88. The number of H-pyrrole nitrogens is 1. The van der Waals surface area contributed by atoms with Gasteiger partial charge in [-0.15, -0.1) is 0 Å². The van der Waals surface area contributed by atoms with Crippen molar-refractivity contribution in [2.24, 2.45) is 0 Å². The average Bonchev–Trinajstić information content (AvgIpc) is 2.95. The van der Waals surface area contributed by atoms with Gasteiger partial charge in [0.1, 0.15) is 11.5 Å². The first-order valence-electron chi connectivity index (χ1n) is 6.17. The molecule has 108 valence electrons. The Morgan fingerprint density at radius 2 is 1.90 bits per heavy atom. The topological polar surface area (TPSA) is 53.6 Å². The van der Waals surface area contributed by atoms with E-state index in [1.807, 2.05) is 5.10 Å². The third-order valence-electron chi connectivity index (χ3n) is 3.21. The first-order chi connectivity index (χ1) is 9.99. The maximum absolute atomic E-state index is 12.9. The van der Waals surface area contributed by atoms with E-state index in [9.17, 15) is 13.2 Å². The van der Waals surface area contributed by atoms with E-state index in [0.29, 0.717) is 11.4 Å². The van der Waals surface area contributed by atoms with E-state index in [1.54, 1.807) is 37.5 Å². The van der Waals surface area contributed by atoms with E-state index < -0.39 is 11.9 Å². The van der Waals surface area contributed by atoms with Crippen molar-refractivity contribution >= 4 is 16.6 Å². The van der Waals surface area contributed by atoms with Crippen LogP contribution in [0, 0.1) is 0 Å². The average molecular weight is 292 g/mol. The fourth-order valence-electron chi connectivity index (χ4n) is 2.17. The Kier molecular flexibility index (Phi) is 3.04. The minimum Gasteiger partial charge on any atom is -0.373 e. The number of aromatic amines is 1. The second-order valence-corrected chi connectivity index (χ2v) is 4.54. The lowest BCUT2D eigenvalue weighted by molar-refractivity contribution is -0.140. The molecule has 0 atom stereocenters. The van der Waals surface area contributed by atoms with Crippen LogP contribution in [-0.4, -0.2) is 22.2 Å². The van der Waals surface area contributed by atoms with E-state index >= 15 is 0 Å². The summed E-state index contributed by atoms with van der Waals surface area (Å²) in [6.45, 7) is 0. The number of hydrogen-bond acceptors (Lipinski definition) is 3. The van der Waals surface area contributed by atoms with Crippen molar-refractivity contribution in [1.82, 2.24) is 15.2 Å². The number of hydrogen-bond donors (Lipinski definition) is 2. The smallest absolute Gasteiger partial charge is 0.373 e. The molecule has 0 radical (unpaired) electrons. The van der Waals surface area contributed by atoms with Gasteiger partial charge in [0.15, 0.2) is 0 Å². The molecular weight excluding hydrogens is 281 g/mol. The van der Waals surface area contributed by atoms with Crippen LogP contribution in [0.5, 0.6) is 0 Å². The van der Waals surface area contributed by atoms with Gasteiger partial charge in [-0.1, -0.05) is 12.1 Å². The van der Waals surface area contributed by atoms with Crippen molar-refractivity contribution in [2.45, 2.75) is 6.18 Å². The largest absolute Gasteiger partial charge is 0.433 e. The number of nitrogens with one attached hydrogen (secondary N) is 2. The molecule has 1 aromatic carbocycles. The van der Waals surface area contributed by atoms with Crippen LogP contribution in [0.2, 0.25) is 0 Å². The summed E-state index contributed by atoms with van der Waals surface area (Å²) in [6.07, 6.45) is -1.61. The number of alkyl halides is 3. The number of fused-ring (bicyclic) bond motifs is 1. The SMILES string of the molecule is CNc1cc2cc(-c3cn[nH]c3C(F)(F)F)ccc2cn1. The van der Waals surface area contributed by atoms with Crippen LogP contribution in [0.25, 0.3) is 21.9 Å². The Bertz CT molecular complexity index is 792. The van der Waals surface area contributed by atoms with Crippen molar-refractivity contribution in [1.29, 1.82) is 0 Å². The summed E-state index contributed by atoms with van der Waals surface area (Å²) in [5.74, 6) is 0.655. The third-order valence-corrected chi connectivity index (χ3v) is 3.21. The number of halogens is 3. The number of aromatic nitrogens is 3. The molecule has 3 aromatic rings. The normalized spacial score (nSPS) is 11.8. The van der Waals surface area contributed by atoms with Crippen molar-refractivity contribution in [3.8, 4) is 11.1 Å². The number of rotatable bonds is 2. The number of nitrogens with zero attached hydrogens (tertiary/aromatic N) is 2. The van der Waals surface area contributed by atoms with Crippen molar-refractivity contribution in [2.75, 3.05) is 12.4 Å². The standard InChI is InChI=1S/C14H11F3N4/c1-18-12-5-10-4-8(2-3-9(10)6-19-12)11-7-20-21-13(11)14(15,16)17/h2-7H,1H3,(H,18,19)(H,20,21). The molecule has 0 saturated carbocycles. The van der Waals surface area contributed by atoms with Gasteiger partial charge in [0, 0.05) is 24.2 Å². The monoisotopic (exact) mass is 292 g/mol. The maximum atomic E-state index is 12.9. The lowest BCUT2D eigenvalue weighted by Gasteiger charge is -2.08. The van der Waals surface area contributed by atoms with Gasteiger partial charge in [-0.2, -0.15) is 18.3 Å². The predicted octanol–water partition coefficient (Wildman–Crippen LogP) is 3.69. The van der Waals surface area contributed by atoms with Crippen LogP contribution in [-0.2, 0) is 6.18 Å². The Morgan fingerprint density at radius 3 is 2.62 bits per heavy atom. The maximum Gasteiger partial charge on any atom is 0.433 e. The molecule has 0 aliphatic rings. The molecule has 2 aromatic heterocycles. The molecule has 0 saturated heterocycles. The highest BCUT2D eigenvalue weighted by Crippen LogP contribution is 2.36. The molecule has 0 amide bonds. The van der Waals surface area contributed by atoms with Gasteiger partial charge in [0.2, 0.25) is 0 Å². The zero-order valence-electron chi connectivity index (χ0n) is 11.0. The zero-order chi connectivity index (χ0) is 15.0. The highest BCUT2D eigenvalue weighted by Gasteiger charge is 2.35. The summed E-state index contributed by atoms with van der Waals surface area (Å²) in [6, 6.07) is 6.84. The van der Waals surface area contributed by atoms with Crippen LogP contribution in [0.3, 0.4) is 0 Å². The summed E-state index contributed by atoms with van der Waals surface area (Å²) in [4.78, 5) is 4.16. The molecule has 2 N–H and O–H groups in total. The molecule has 21 heavy (non-hydrogen) atoms. The zero-order valence-corrected chi connectivity index (χ0v) is 11.0. The molecule has 3 rings (SSSR count). The molecule has 7 heteroatoms. The molecule has 4 nitrogen and oxygen atoms in total. The van der Waals surface area contributed by atoms with Gasteiger partial charge in [-0.3, -0.25) is 5.10 Å². The van der Waals surface area contributed by atoms with E-state index in [2.05, 4.69) is 15.4 Å². The van der Waals surface area contributed by atoms with Gasteiger partial charge in [-0.25, -0.2) is 4.98 Å². The van der Waals surface area contributed by atoms with Gasteiger partial charge >= 0.3 is 6.18 Å². The van der Waals surface area contributed by atoms with Crippen LogP contribution < -0.4 is 5.32 Å². The third kappa shape index (κ3) is 2.42. The van der Waals surface area contributed by atoms with Gasteiger partial charge < -0.3 is 5.32 Å². The molecule has 0 aliphatic carbocycles. The summed E-state index contributed by atoms with van der Waals surface area (Å²) >= 11 is 0. The minimum absolute atomic E-state index is 0.0345.